The summed E-state index contributed by atoms with van der Waals surface area (Å²) in [7, 11) is 1.96. The molecule has 0 spiro atoms. The van der Waals surface area contributed by atoms with E-state index in [1.54, 1.807) is 11.3 Å². The van der Waals surface area contributed by atoms with E-state index in [-0.39, 0.29) is 5.78 Å². The summed E-state index contributed by atoms with van der Waals surface area (Å²) in [5, 5.41) is 0. The maximum absolute atomic E-state index is 12.2. The van der Waals surface area contributed by atoms with Gasteiger partial charge in [0, 0.05) is 17.6 Å². The number of benzene rings is 1. The molecule has 2 nitrogen and oxygen atoms in total. The van der Waals surface area contributed by atoms with Crippen molar-refractivity contribution in [1.29, 1.82) is 0 Å². The van der Waals surface area contributed by atoms with Crippen molar-refractivity contribution in [3.8, 4) is 0 Å². The van der Waals surface area contributed by atoms with Crippen LogP contribution in [0, 0.1) is 6.92 Å². The first-order chi connectivity index (χ1) is 9.10. The molecule has 0 fully saturated rings. The van der Waals surface area contributed by atoms with Crippen LogP contribution in [0.3, 0.4) is 0 Å². The predicted octanol–water partition coefficient (Wildman–Crippen LogP) is 3.94. The molecule has 100 valence electrons. The zero-order valence-corrected chi connectivity index (χ0v) is 12.5. The number of carbonyl (C=O) groups is 1. The topological polar surface area (TPSA) is 20.3 Å². The molecule has 0 N–H and O–H groups in total. The van der Waals surface area contributed by atoms with Crippen LogP contribution < -0.4 is 4.90 Å². The largest absolute Gasteiger partial charge is 0.367 e. The number of nitrogens with zero attached hydrogens (tertiary/aromatic N) is 1. The van der Waals surface area contributed by atoms with Crippen LogP contribution in [0.15, 0.2) is 36.4 Å². The quantitative estimate of drug-likeness (QED) is 0.769. The average Bonchev–Trinajstić information content (AvgIpc) is 2.87. The highest BCUT2D eigenvalue weighted by Gasteiger charge is 2.12. The Hall–Kier alpha value is -1.61. The Morgan fingerprint density at radius 1 is 1.26 bits per heavy atom. The molecule has 1 aromatic carbocycles. The maximum atomic E-state index is 12.2. The SMILES string of the molecule is CCc1ccc(C(=O)CN(C)c2cccc(C)c2)s1. The van der Waals surface area contributed by atoms with E-state index >= 15 is 0 Å². The summed E-state index contributed by atoms with van der Waals surface area (Å²) in [6.45, 7) is 4.60. The second-order valence-electron chi connectivity index (χ2n) is 4.74. The first-order valence-corrected chi connectivity index (χ1v) is 7.31. The number of hydrogen-bond acceptors (Lipinski definition) is 3. The number of rotatable bonds is 5. The van der Waals surface area contributed by atoms with E-state index in [0.29, 0.717) is 6.54 Å². The third kappa shape index (κ3) is 3.44. The molecule has 0 aliphatic rings. The lowest BCUT2D eigenvalue weighted by Gasteiger charge is -2.18. The lowest BCUT2D eigenvalue weighted by Crippen LogP contribution is -2.25. The number of hydrogen-bond donors (Lipinski definition) is 0. The highest BCUT2D eigenvalue weighted by molar-refractivity contribution is 7.14. The van der Waals surface area contributed by atoms with E-state index in [1.807, 2.05) is 36.2 Å². The summed E-state index contributed by atoms with van der Waals surface area (Å²) in [4.78, 5) is 16.3. The van der Waals surface area contributed by atoms with Crippen molar-refractivity contribution in [3.63, 3.8) is 0 Å². The monoisotopic (exact) mass is 273 g/mol. The molecule has 0 atom stereocenters. The van der Waals surface area contributed by atoms with Crippen molar-refractivity contribution in [2.45, 2.75) is 20.3 Å². The van der Waals surface area contributed by atoms with E-state index in [0.717, 1.165) is 17.0 Å². The van der Waals surface area contributed by atoms with Crippen LogP contribution in [0.25, 0.3) is 0 Å². The lowest BCUT2D eigenvalue weighted by molar-refractivity contribution is 0.100. The molecule has 0 aliphatic carbocycles. The standard InChI is InChI=1S/C16H19NOS/c1-4-14-8-9-16(19-14)15(18)11-17(3)13-7-5-6-12(2)10-13/h5-10H,4,11H2,1-3H3. The first kappa shape index (κ1) is 13.8. The summed E-state index contributed by atoms with van der Waals surface area (Å²) in [5.74, 6) is 0.189. The van der Waals surface area contributed by atoms with Gasteiger partial charge in [-0.3, -0.25) is 4.79 Å². The van der Waals surface area contributed by atoms with Gasteiger partial charge in [-0.1, -0.05) is 19.1 Å². The van der Waals surface area contributed by atoms with Crippen LogP contribution >= 0.6 is 11.3 Å². The number of ketones is 1. The zero-order valence-electron chi connectivity index (χ0n) is 11.6. The molecular formula is C16H19NOS. The summed E-state index contributed by atoms with van der Waals surface area (Å²) in [6.07, 6.45) is 0.992. The van der Waals surface area contributed by atoms with Gasteiger partial charge in [0.25, 0.3) is 0 Å². The highest BCUT2D eigenvalue weighted by Crippen LogP contribution is 2.19. The van der Waals surface area contributed by atoms with Gasteiger partial charge in [-0.15, -0.1) is 11.3 Å². The van der Waals surface area contributed by atoms with Crippen molar-refractivity contribution >= 4 is 22.8 Å². The molecule has 0 amide bonds. The van der Waals surface area contributed by atoms with Gasteiger partial charge in [-0.2, -0.15) is 0 Å². The van der Waals surface area contributed by atoms with Gasteiger partial charge in [0.1, 0.15) is 0 Å². The lowest BCUT2D eigenvalue weighted by atomic mass is 10.2. The van der Waals surface area contributed by atoms with Gasteiger partial charge in [0.2, 0.25) is 0 Å². The average molecular weight is 273 g/mol. The van der Waals surface area contributed by atoms with E-state index in [9.17, 15) is 4.79 Å². The van der Waals surface area contributed by atoms with Gasteiger partial charge in [-0.25, -0.2) is 0 Å². The number of likely N-dealkylation sites (N-methyl/N-ethyl adjacent to an activating group) is 1. The first-order valence-electron chi connectivity index (χ1n) is 6.50. The zero-order chi connectivity index (χ0) is 13.8. The van der Waals surface area contributed by atoms with Gasteiger partial charge >= 0.3 is 0 Å². The summed E-state index contributed by atoms with van der Waals surface area (Å²) in [6, 6.07) is 12.2. The van der Waals surface area contributed by atoms with Crippen LogP contribution in [-0.2, 0) is 6.42 Å². The minimum Gasteiger partial charge on any atom is -0.367 e. The molecule has 1 aromatic heterocycles. The van der Waals surface area contributed by atoms with Crippen molar-refractivity contribution in [3.05, 3.63) is 51.7 Å². The second kappa shape index (κ2) is 6.02. The van der Waals surface area contributed by atoms with Gasteiger partial charge in [0.15, 0.2) is 5.78 Å². The number of anilines is 1. The molecule has 0 saturated heterocycles. The molecule has 2 rings (SSSR count). The fourth-order valence-electron chi connectivity index (χ4n) is 1.97. The normalized spacial score (nSPS) is 10.5. The Morgan fingerprint density at radius 2 is 2.05 bits per heavy atom. The number of thiophene rings is 1. The van der Waals surface area contributed by atoms with Gasteiger partial charge in [-0.05, 0) is 43.2 Å². The molecule has 1 heterocycles. The Labute approximate surface area is 118 Å². The number of Topliss-reactive ketones (excluding diaryl/α,β-unsaturated/α-hetero) is 1. The van der Waals surface area contributed by atoms with Crippen molar-refractivity contribution in [1.82, 2.24) is 0 Å². The predicted molar refractivity (Wildman–Crippen MR) is 82.5 cm³/mol. The Morgan fingerprint density at radius 3 is 2.68 bits per heavy atom. The van der Waals surface area contributed by atoms with E-state index in [2.05, 4.69) is 26.0 Å². The molecule has 0 bridgehead atoms. The van der Waals surface area contributed by atoms with Crippen molar-refractivity contribution < 1.29 is 4.79 Å². The van der Waals surface area contributed by atoms with Crippen molar-refractivity contribution in [2.24, 2.45) is 0 Å². The molecule has 0 aliphatic heterocycles. The molecule has 19 heavy (non-hydrogen) atoms. The van der Waals surface area contributed by atoms with Crippen molar-refractivity contribution in [2.75, 3.05) is 18.5 Å². The van der Waals surface area contributed by atoms with Gasteiger partial charge in [0.05, 0.1) is 11.4 Å². The Bertz CT molecular complexity index is 574. The molecule has 2 aromatic rings. The van der Waals surface area contributed by atoms with Gasteiger partial charge < -0.3 is 4.90 Å². The Balaban J connectivity index is 2.06. The minimum absolute atomic E-state index is 0.189. The fraction of sp³-hybridized carbons (Fsp3) is 0.312. The van der Waals surface area contributed by atoms with E-state index in [4.69, 9.17) is 0 Å². The highest BCUT2D eigenvalue weighted by atomic mass is 32.1. The smallest absolute Gasteiger partial charge is 0.191 e. The van der Waals surface area contributed by atoms with Crippen LogP contribution in [0.4, 0.5) is 5.69 Å². The van der Waals surface area contributed by atoms with Crippen LogP contribution in [0.2, 0.25) is 0 Å². The molecular weight excluding hydrogens is 254 g/mol. The third-order valence-electron chi connectivity index (χ3n) is 3.11. The van der Waals surface area contributed by atoms with E-state index < -0.39 is 0 Å². The maximum Gasteiger partial charge on any atom is 0.191 e. The van der Waals surface area contributed by atoms with Crippen LogP contribution in [-0.4, -0.2) is 19.4 Å². The number of aryl methyl sites for hydroxylation is 2. The molecule has 0 radical (unpaired) electrons. The van der Waals surface area contributed by atoms with Crippen LogP contribution in [0.1, 0.15) is 27.0 Å². The summed E-state index contributed by atoms with van der Waals surface area (Å²) in [5.41, 5.74) is 2.29. The minimum atomic E-state index is 0.189. The second-order valence-corrected chi connectivity index (χ2v) is 5.91. The van der Waals surface area contributed by atoms with Crippen LogP contribution in [0.5, 0.6) is 0 Å². The molecule has 0 saturated carbocycles. The Kier molecular flexibility index (Phi) is 4.38. The third-order valence-corrected chi connectivity index (χ3v) is 4.38. The molecule has 0 unspecified atom stereocenters. The fourth-order valence-corrected chi connectivity index (χ4v) is 2.85. The summed E-state index contributed by atoms with van der Waals surface area (Å²) >= 11 is 1.61. The van der Waals surface area contributed by atoms with E-state index in [1.165, 1.54) is 10.4 Å². The molecule has 3 heteroatoms. The summed E-state index contributed by atoms with van der Waals surface area (Å²) < 4.78 is 0. The number of carbonyl (C=O) groups excluding carboxylic acids is 1.